The molecule has 0 saturated heterocycles. The summed E-state index contributed by atoms with van der Waals surface area (Å²) in [5.41, 5.74) is 14.7. The maximum Gasteiger partial charge on any atom is 0.160 e. The lowest BCUT2D eigenvalue weighted by atomic mass is 10.00. The van der Waals surface area contributed by atoms with E-state index in [1.807, 2.05) is 101 Å². The van der Waals surface area contributed by atoms with Gasteiger partial charge in [-0.05, 0) is 88.8 Å². The number of likely N-dealkylation sites (N-methyl/N-ethyl adjacent to an activating group) is 1. The molecule has 10 rings (SSSR count). The van der Waals surface area contributed by atoms with Gasteiger partial charge in [0, 0.05) is 62.7 Å². The molecule has 0 aliphatic carbocycles. The third-order valence-electron chi connectivity index (χ3n) is 11.3. The van der Waals surface area contributed by atoms with Crippen LogP contribution in [0.15, 0.2) is 238 Å². The van der Waals surface area contributed by atoms with E-state index in [0.29, 0.717) is 5.82 Å². The Morgan fingerprint density at radius 2 is 1.12 bits per heavy atom. The zero-order valence-corrected chi connectivity index (χ0v) is 39.7. The van der Waals surface area contributed by atoms with Crippen molar-refractivity contribution in [1.29, 1.82) is 0 Å². The van der Waals surface area contributed by atoms with Crippen molar-refractivity contribution >= 4 is 50.0 Å². The highest BCUT2D eigenvalue weighted by Crippen LogP contribution is 2.39. The molecule has 0 saturated carbocycles. The van der Waals surface area contributed by atoms with Gasteiger partial charge in [0.1, 0.15) is 0 Å². The first-order valence-corrected chi connectivity index (χ1v) is 23.3. The zero-order valence-electron chi connectivity index (χ0n) is 39.7. The van der Waals surface area contributed by atoms with E-state index in [1.165, 1.54) is 27.2 Å². The van der Waals surface area contributed by atoms with E-state index >= 15 is 0 Å². The lowest BCUT2D eigenvalue weighted by molar-refractivity contribution is 1.03. The van der Waals surface area contributed by atoms with Crippen molar-refractivity contribution in [3.05, 3.63) is 243 Å². The maximum atomic E-state index is 5.08. The number of fused-ring (bicyclic) bond motifs is 5. The van der Waals surface area contributed by atoms with Crippen molar-refractivity contribution < 1.29 is 0 Å². The summed E-state index contributed by atoms with van der Waals surface area (Å²) in [6.07, 6.45) is 7.24. The number of aromatic nitrogens is 3. The Hall–Kier alpha value is -8.54. The summed E-state index contributed by atoms with van der Waals surface area (Å²) >= 11 is 0. The topological polar surface area (TPSA) is 54.8 Å². The van der Waals surface area contributed by atoms with Crippen molar-refractivity contribution in [2.45, 2.75) is 27.7 Å². The van der Waals surface area contributed by atoms with Gasteiger partial charge in [-0.1, -0.05) is 199 Å². The second kappa shape index (κ2) is 23.1. The van der Waals surface area contributed by atoms with E-state index in [4.69, 9.17) is 9.97 Å². The number of nitrogens with one attached hydrogen (secondary N) is 2. The lowest BCUT2D eigenvalue weighted by Gasteiger charge is -2.15. The Morgan fingerprint density at radius 3 is 1.75 bits per heavy atom. The molecule has 10 aromatic rings. The molecular formula is C63H59N5. The number of benzene rings is 8. The summed E-state index contributed by atoms with van der Waals surface area (Å²) in [6.45, 7) is 19.3. The summed E-state index contributed by atoms with van der Waals surface area (Å²) in [5, 5.41) is 11.3. The number of para-hydroxylation sites is 2. The van der Waals surface area contributed by atoms with Crippen LogP contribution in [0.2, 0.25) is 0 Å². The van der Waals surface area contributed by atoms with Gasteiger partial charge in [-0.2, -0.15) is 0 Å². The van der Waals surface area contributed by atoms with Crippen LogP contribution in [0.5, 0.6) is 0 Å². The molecule has 2 heterocycles. The van der Waals surface area contributed by atoms with Gasteiger partial charge < -0.3 is 15.2 Å². The van der Waals surface area contributed by atoms with Crippen LogP contribution in [0.4, 0.5) is 11.4 Å². The molecule has 5 nitrogen and oxygen atoms in total. The third-order valence-corrected chi connectivity index (χ3v) is 11.3. The minimum Gasteiger partial charge on any atom is -0.388 e. The smallest absolute Gasteiger partial charge is 0.160 e. The molecule has 0 amide bonds. The monoisotopic (exact) mass is 885 g/mol. The van der Waals surface area contributed by atoms with Crippen molar-refractivity contribution in [2.75, 3.05) is 12.4 Å². The third kappa shape index (κ3) is 10.4. The van der Waals surface area contributed by atoms with Crippen LogP contribution < -0.4 is 10.6 Å². The quantitative estimate of drug-likeness (QED) is 0.127. The van der Waals surface area contributed by atoms with Crippen LogP contribution in [0.3, 0.4) is 0 Å². The minimum atomic E-state index is 0.708. The van der Waals surface area contributed by atoms with Crippen molar-refractivity contribution in [2.24, 2.45) is 0 Å². The molecule has 0 radical (unpaired) electrons. The lowest BCUT2D eigenvalue weighted by Crippen LogP contribution is -2.01. The standard InChI is InChI=1S/C52H36N4.C7H11N.2C2H6/c1-2-35-32-46-40(33-47(35)53-42-21-10-5-11-22-42)27-30-45-44-23-12-13-24-50(44)56(51(45)46)43-28-25-36(26-29-43)39-19-14-20-41(31-39)49-34-48(37-15-6-3-7-16-37)54-52(55-49)38-17-8-4-9-18-38;1-4-6-7(5-2)8-3;2*1-2/h2-34,53H,1H2;4-6,8H,1-2H2,3H3;2*1-2H3/b;7-6+;;. The Balaban J connectivity index is 0.000000515. The van der Waals surface area contributed by atoms with Crippen LogP contribution in [-0.4, -0.2) is 21.6 Å². The van der Waals surface area contributed by atoms with Gasteiger partial charge in [0.2, 0.25) is 0 Å². The molecule has 5 heteroatoms. The van der Waals surface area contributed by atoms with Crippen LogP contribution in [0.25, 0.3) is 89.4 Å². The highest BCUT2D eigenvalue weighted by Gasteiger charge is 2.17. The van der Waals surface area contributed by atoms with Crippen molar-refractivity contribution in [3.63, 3.8) is 0 Å². The largest absolute Gasteiger partial charge is 0.388 e. The molecule has 0 aliphatic heterocycles. The van der Waals surface area contributed by atoms with Crippen LogP contribution in [-0.2, 0) is 0 Å². The van der Waals surface area contributed by atoms with Gasteiger partial charge in [0.25, 0.3) is 0 Å². The van der Waals surface area contributed by atoms with Gasteiger partial charge in [-0.25, -0.2) is 9.97 Å². The van der Waals surface area contributed by atoms with Gasteiger partial charge in [0.15, 0.2) is 5.82 Å². The number of anilines is 2. The second-order valence-electron chi connectivity index (χ2n) is 15.3. The van der Waals surface area contributed by atoms with Gasteiger partial charge in [0.05, 0.1) is 22.4 Å². The number of rotatable bonds is 11. The molecule has 0 atom stereocenters. The Labute approximate surface area is 402 Å². The maximum absolute atomic E-state index is 5.08. The number of hydrogen-bond acceptors (Lipinski definition) is 4. The van der Waals surface area contributed by atoms with E-state index in [-0.39, 0.29) is 0 Å². The molecule has 0 spiro atoms. The fourth-order valence-corrected chi connectivity index (χ4v) is 8.18. The molecule has 0 bridgehead atoms. The van der Waals surface area contributed by atoms with Crippen LogP contribution >= 0.6 is 0 Å². The van der Waals surface area contributed by atoms with E-state index in [1.54, 1.807) is 12.2 Å². The summed E-state index contributed by atoms with van der Waals surface area (Å²) in [5.74, 6) is 0.708. The van der Waals surface area contributed by atoms with Crippen molar-refractivity contribution in [3.8, 4) is 50.7 Å². The molecule has 2 N–H and O–H groups in total. The highest BCUT2D eigenvalue weighted by molar-refractivity contribution is 6.19. The Kier molecular flexibility index (Phi) is 16.1. The minimum absolute atomic E-state index is 0.708. The predicted molar refractivity (Wildman–Crippen MR) is 296 cm³/mol. The molecule has 8 aromatic carbocycles. The van der Waals surface area contributed by atoms with Gasteiger partial charge in [-0.15, -0.1) is 0 Å². The Morgan fingerprint density at radius 1 is 0.515 bits per heavy atom. The molecule has 336 valence electrons. The average Bonchev–Trinajstić information content (AvgIpc) is 3.77. The summed E-state index contributed by atoms with van der Waals surface area (Å²) < 4.78 is 2.40. The number of allylic oxidation sites excluding steroid dienone is 3. The average molecular weight is 886 g/mol. The fraction of sp³-hybridized carbons (Fsp3) is 0.0794. The predicted octanol–water partition coefficient (Wildman–Crippen LogP) is 17.3. The van der Waals surface area contributed by atoms with Gasteiger partial charge in [-0.3, -0.25) is 0 Å². The molecule has 0 fully saturated rings. The second-order valence-corrected chi connectivity index (χ2v) is 15.3. The van der Waals surface area contributed by atoms with Crippen molar-refractivity contribution in [1.82, 2.24) is 19.9 Å². The van der Waals surface area contributed by atoms with Crippen LogP contribution in [0, 0.1) is 0 Å². The molecule has 2 aromatic heterocycles. The highest BCUT2D eigenvalue weighted by atomic mass is 15.0. The van der Waals surface area contributed by atoms with E-state index in [0.717, 1.165) is 72.9 Å². The molecule has 68 heavy (non-hydrogen) atoms. The summed E-state index contributed by atoms with van der Waals surface area (Å²) in [4.78, 5) is 10.1. The first-order chi connectivity index (χ1) is 33.5. The fourth-order valence-electron chi connectivity index (χ4n) is 8.18. The van der Waals surface area contributed by atoms with E-state index in [9.17, 15) is 0 Å². The SMILES string of the molecule is C=C/C=C(\C=C)NC.C=Cc1cc2c(ccc3c4ccccc4n(-c4ccc(-c5cccc(-c6cc(-c7ccccc7)nc(-c7ccccc7)n6)c5)cc4)c23)cc1Nc1ccccc1.CC.CC. The van der Waals surface area contributed by atoms with Gasteiger partial charge >= 0.3 is 0 Å². The first-order valence-electron chi connectivity index (χ1n) is 23.3. The number of nitrogens with zero attached hydrogens (tertiary/aromatic N) is 3. The molecular weight excluding hydrogens is 827 g/mol. The normalized spacial score (nSPS) is 10.7. The molecule has 0 unspecified atom stereocenters. The first kappa shape index (κ1) is 47.4. The summed E-state index contributed by atoms with van der Waals surface area (Å²) in [6, 6.07) is 68.1. The molecule has 0 aliphatic rings. The van der Waals surface area contributed by atoms with Crippen LogP contribution in [0.1, 0.15) is 33.3 Å². The summed E-state index contributed by atoms with van der Waals surface area (Å²) in [7, 11) is 1.84. The Bertz CT molecular complexity index is 3250. The van der Waals surface area contributed by atoms with E-state index < -0.39 is 0 Å². The zero-order chi connectivity index (χ0) is 47.8. The van der Waals surface area contributed by atoms with E-state index in [2.05, 4.69) is 174 Å². The number of hydrogen-bond donors (Lipinski definition) is 2.